The summed E-state index contributed by atoms with van der Waals surface area (Å²) in [6.07, 6.45) is 2.39. The maximum absolute atomic E-state index is 11.5. The van der Waals surface area contributed by atoms with Crippen molar-refractivity contribution in [2.45, 2.75) is 25.7 Å². The zero-order chi connectivity index (χ0) is 19.0. The van der Waals surface area contributed by atoms with Crippen molar-refractivity contribution in [1.82, 2.24) is 20.0 Å². The van der Waals surface area contributed by atoms with Crippen molar-refractivity contribution < 1.29 is 19.5 Å². The van der Waals surface area contributed by atoms with Crippen LogP contribution < -0.4 is 5.32 Å². The Hall–Kier alpha value is -1.54. The molecule has 2 aliphatic rings. The number of hydrogen-bond donors (Lipinski definition) is 2. The molecule has 152 valence electrons. The first-order chi connectivity index (χ1) is 11.7. The summed E-state index contributed by atoms with van der Waals surface area (Å²) in [6.45, 7) is 2.92. The number of amides is 3. The molecule has 2 aliphatic heterocycles. The number of rotatable bonds is 2. The van der Waals surface area contributed by atoms with E-state index in [4.69, 9.17) is 5.11 Å². The van der Waals surface area contributed by atoms with Gasteiger partial charge in [-0.1, -0.05) is 0 Å². The molecule has 8 nitrogen and oxygen atoms in total. The number of hydrogen-bond acceptors (Lipinski definition) is 4. The lowest BCUT2D eigenvalue weighted by molar-refractivity contribution is -0.134. The Bertz CT molecular complexity index is 460. The lowest BCUT2D eigenvalue weighted by Crippen LogP contribution is -2.42. The molecule has 0 spiro atoms. The summed E-state index contributed by atoms with van der Waals surface area (Å²) in [7, 11) is 7.10. The summed E-state index contributed by atoms with van der Waals surface area (Å²) < 4.78 is 0. The van der Waals surface area contributed by atoms with Gasteiger partial charge in [0.2, 0.25) is 11.8 Å². The first kappa shape index (κ1) is 24.5. The smallest absolute Gasteiger partial charge is 0.407 e. The molecule has 2 heterocycles. The predicted octanol–water partition coefficient (Wildman–Crippen LogP) is 0.961. The van der Waals surface area contributed by atoms with Crippen LogP contribution in [0, 0.1) is 11.8 Å². The number of carbonyl (C=O) groups excluding carboxylic acids is 2. The van der Waals surface area contributed by atoms with E-state index in [-0.39, 0.29) is 36.1 Å². The topological polar surface area (TPSA) is 93.2 Å². The van der Waals surface area contributed by atoms with Gasteiger partial charge in [0.25, 0.3) is 0 Å². The van der Waals surface area contributed by atoms with Gasteiger partial charge in [-0.3, -0.25) is 9.59 Å². The van der Waals surface area contributed by atoms with Crippen LogP contribution >= 0.6 is 12.4 Å². The van der Waals surface area contributed by atoms with E-state index in [1.54, 1.807) is 23.9 Å². The Morgan fingerprint density at radius 1 is 0.846 bits per heavy atom. The van der Waals surface area contributed by atoms with Crippen LogP contribution in [0.2, 0.25) is 0 Å². The Kier molecular flexibility index (Phi) is 11.2. The molecule has 2 rings (SSSR count). The van der Waals surface area contributed by atoms with Crippen LogP contribution in [0.3, 0.4) is 0 Å². The lowest BCUT2D eigenvalue weighted by Gasteiger charge is -2.30. The van der Waals surface area contributed by atoms with Crippen LogP contribution in [0.15, 0.2) is 0 Å². The van der Waals surface area contributed by atoms with Crippen molar-refractivity contribution in [1.29, 1.82) is 0 Å². The van der Waals surface area contributed by atoms with Gasteiger partial charge in [0.1, 0.15) is 0 Å². The van der Waals surface area contributed by atoms with Crippen molar-refractivity contribution in [3.8, 4) is 0 Å². The van der Waals surface area contributed by atoms with Crippen molar-refractivity contribution in [2.24, 2.45) is 11.8 Å². The van der Waals surface area contributed by atoms with E-state index in [9.17, 15) is 14.4 Å². The highest BCUT2D eigenvalue weighted by Crippen LogP contribution is 2.18. The second-order valence-electron chi connectivity index (χ2n) is 7.03. The molecule has 0 aromatic carbocycles. The third-order valence-electron chi connectivity index (χ3n) is 4.68. The van der Waals surface area contributed by atoms with E-state index in [1.807, 2.05) is 14.1 Å². The molecular formula is C17H33ClN4O4. The Labute approximate surface area is 162 Å². The molecule has 0 saturated carbocycles. The van der Waals surface area contributed by atoms with Crippen molar-refractivity contribution in [3.63, 3.8) is 0 Å². The van der Waals surface area contributed by atoms with Gasteiger partial charge >= 0.3 is 6.09 Å². The number of carbonyl (C=O) groups is 3. The SMILES string of the molecule is CN(C)C(=O)C1CCN(C(=O)O)CC1.CN(C)C(=O)C1CCNCC1.Cl. The maximum atomic E-state index is 11.5. The van der Waals surface area contributed by atoms with Crippen molar-refractivity contribution in [3.05, 3.63) is 0 Å². The molecule has 9 heteroatoms. The van der Waals surface area contributed by atoms with Crippen LogP contribution in [0.25, 0.3) is 0 Å². The number of carboxylic acid groups (broad SMARTS) is 1. The monoisotopic (exact) mass is 392 g/mol. The molecular weight excluding hydrogens is 360 g/mol. The van der Waals surface area contributed by atoms with Crippen LogP contribution in [-0.2, 0) is 9.59 Å². The molecule has 0 aromatic heterocycles. The zero-order valence-corrected chi connectivity index (χ0v) is 17.0. The molecule has 0 radical (unpaired) electrons. The fourth-order valence-electron chi connectivity index (χ4n) is 3.12. The highest BCUT2D eigenvalue weighted by Gasteiger charge is 2.27. The van der Waals surface area contributed by atoms with Gasteiger partial charge in [0.05, 0.1) is 0 Å². The second kappa shape index (κ2) is 12.0. The van der Waals surface area contributed by atoms with Crippen LogP contribution in [0.1, 0.15) is 25.7 Å². The number of piperidine rings is 2. The number of nitrogens with one attached hydrogen (secondary N) is 1. The maximum Gasteiger partial charge on any atom is 0.407 e. The van der Waals surface area contributed by atoms with E-state index in [0.717, 1.165) is 25.9 Å². The molecule has 0 atom stereocenters. The molecule has 2 fully saturated rings. The third kappa shape index (κ3) is 7.78. The molecule has 0 bridgehead atoms. The molecule has 2 saturated heterocycles. The minimum absolute atomic E-state index is 0. The largest absolute Gasteiger partial charge is 0.465 e. The lowest BCUT2D eigenvalue weighted by atomic mass is 9.96. The van der Waals surface area contributed by atoms with Gasteiger partial charge < -0.3 is 25.1 Å². The quantitative estimate of drug-likeness (QED) is 0.730. The van der Waals surface area contributed by atoms with E-state index < -0.39 is 6.09 Å². The van der Waals surface area contributed by atoms with Gasteiger partial charge in [0.15, 0.2) is 0 Å². The van der Waals surface area contributed by atoms with E-state index in [2.05, 4.69) is 5.32 Å². The normalized spacial score (nSPS) is 18.1. The second-order valence-corrected chi connectivity index (χ2v) is 7.03. The fraction of sp³-hybridized carbons (Fsp3) is 0.824. The van der Waals surface area contributed by atoms with Gasteiger partial charge in [-0.15, -0.1) is 12.4 Å². The van der Waals surface area contributed by atoms with Gasteiger partial charge in [-0.2, -0.15) is 0 Å². The summed E-state index contributed by atoms with van der Waals surface area (Å²) in [5.41, 5.74) is 0. The third-order valence-corrected chi connectivity index (χ3v) is 4.68. The highest BCUT2D eigenvalue weighted by molar-refractivity contribution is 5.85. The van der Waals surface area contributed by atoms with Gasteiger partial charge in [0, 0.05) is 53.1 Å². The number of halogens is 1. The van der Waals surface area contributed by atoms with Crippen molar-refractivity contribution in [2.75, 3.05) is 54.4 Å². The summed E-state index contributed by atoms with van der Waals surface area (Å²) in [5, 5.41) is 11.9. The van der Waals surface area contributed by atoms with E-state index >= 15 is 0 Å². The standard InChI is InChI=1S/C9H16N2O3.C8H16N2O.ClH/c1-10(2)8(12)7-3-5-11(6-4-7)9(13)14;1-10(2)8(11)7-3-5-9-6-4-7;/h7H,3-6H2,1-2H3,(H,13,14);7,9H,3-6H2,1-2H3;1H. The van der Waals surface area contributed by atoms with Crippen LogP contribution in [0.4, 0.5) is 4.79 Å². The highest BCUT2D eigenvalue weighted by atomic mass is 35.5. The molecule has 3 amide bonds. The molecule has 2 N–H and O–H groups in total. The predicted molar refractivity (Wildman–Crippen MR) is 103 cm³/mol. The first-order valence-electron chi connectivity index (χ1n) is 8.85. The van der Waals surface area contributed by atoms with Gasteiger partial charge in [-0.25, -0.2) is 4.79 Å². The molecule has 26 heavy (non-hydrogen) atoms. The summed E-state index contributed by atoms with van der Waals surface area (Å²) in [5.74, 6) is 0.661. The molecule has 0 aliphatic carbocycles. The average molecular weight is 393 g/mol. The van der Waals surface area contributed by atoms with E-state index in [0.29, 0.717) is 25.9 Å². The van der Waals surface area contributed by atoms with Gasteiger partial charge in [-0.05, 0) is 38.8 Å². The molecule has 0 unspecified atom stereocenters. The van der Waals surface area contributed by atoms with Crippen LogP contribution in [0.5, 0.6) is 0 Å². The fourth-order valence-corrected chi connectivity index (χ4v) is 3.12. The zero-order valence-electron chi connectivity index (χ0n) is 16.2. The Balaban J connectivity index is 0.000000475. The molecule has 0 aromatic rings. The summed E-state index contributed by atoms with van der Waals surface area (Å²) in [6, 6.07) is 0. The summed E-state index contributed by atoms with van der Waals surface area (Å²) >= 11 is 0. The minimum Gasteiger partial charge on any atom is -0.465 e. The first-order valence-corrected chi connectivity index (χ1v) is 8.85. The number of nitrogens with zero attached hydrogens (tertiary/aromatic N) is 3. The average Bonchev–Trinajstić information content (AvgIpc) is 2.61. The number of likely N-dealkylation sites (tertiary alicyclic amines) is 1. The summed E-state index contributed by atoms with van der Waals surface area (Å²) in [4.78, 5) is 38.1. The van der Waals surface area contributed by atoms with Crippen LogP contribution in [-0.4, -0.2) is 92.1 Å². The van der Waals surface area contributed by atoms with Crippen molar-refractivity contribution >= 4 is 30.3 Å². The van der Waals surface area contributed by atoms with E-state index in [1.165, 1.54) is 4.90 Å². The minimum atomic E-state index is -0.888. The Morgan fingerprint density at radius 3 is 1.58 bits per heavy atom. The Morgan fingerprint density at radius 2 is 1.23 bits per heavy atom.